The lowest BCUT2D eigenvalue weighted by molar-refractivity contribution is -0.134. The highest BCUT2D eigenvalue weighted by molar-refractivity contribution is 5.87. The second-order valence-corrected chi connectivity index (χ2v) is 8.52. The molecular formula is C19H28O2. The largest absolute Gasteiger partial charge is 0.389 e. The van der Waals surface area contributed by atoms with E-state index in [-0.39, 0.29) is 16.9 Å². The van der Waals surface area contributed by atoms with Crippen molar-refractivity contribution >= 4 is 5.78 Å². The van der Waals surface area contributed by atoms with Gasteiger partial charge in [0.25, 0.3) is 0 Å². The van der Waals surface area contributed by atoms with Gasteiger partial charge in [0.1, 0.15) is 5.78 Å². The number of ketones is 1. The Morgan fingerprint density at radius 2 is 1.90 bits per heavy atom. The van der Waals surface area contributed by atoms with Crippen molar-refractivity contribution < 1.29 is 9.90 Å². The predicted octanol–water partition coefficient (Wildman–Crippen LogP) is 3.88. The molecule has 0 aliphatic heterocycles. The van der Waals surface area contributed by atoms with Crippen molar-refractivity contribution in [1.29, 1.82) is 0 Å². The van der Waals surface area contributed by atoms with Crippen LogP contribution in [0.3, 0.4) is 0 Å². The molecule has 0 heterocycles. The Labute approximate surface area is 128 Å². The molecule has 0 radical (unpaired) electrons. The summed E-state index contributed by atoms with van der Waals surface area (Å²) in [4.78, 5) is 12.4. The van der Waals surface area contributed by atoms with Gasteiger partial charge in [0.05, 0.1) is 6.10 Å². The number of fused-ring (bicyclic) bond motifs is 5. The van der Waals surface area contributed by atoms with Gasteiger partial charge in [-0.2, -0.15) is 0 Å². The summed E-state index contributed by atoms with van der Waals surface area (Å²) in [5.74, 6) is 2.27. The lowest BCUT2D eigenvalue weighted by atomic mass is 9.47. The minimum absolute atomic E-state index is 0.0763. The van der Waals surface area contributed by atoms with Gasteiger partial charge in [-0.3, -0.25) is 4.79 Å². The van der Waals surface area contributed by atoms with Gasteiger partial charge in [-0.1, -0.05) is 19.9 Å². The molecule has 0 amide bonds. The van der Waals surface area contributed by atoms with Crippen molar-refractivity contribution in [3.8, 4) is 0 Å². The van der Waals surface area contributed by atoms with E-state index < -0.39 is 0 Å². The fraction of sp³-hybridized carbons (Fsp3) is 0.842. The molecular weight excluding hydrogens is 260 g/mol. The maximum absolute atomic E-state index is 12.4. The number of Topliss-reactive ketones (excluding diaryl/α,β-unsaturated/α-hetero) is 1. The van der Waals surface area contributed by atoms with Gasteiger partial charge in [0.15, 0.2) is 0 Å². The van der Waals surface area contributed by atoms with Crippen molar-refractivity contribution in [1.82, 2.24) is 0 Å². The van der Waals surface area contributed by atoms with Gasteiger partial charge in [-0.15, -0.1) is 0 Å². The van der Waals surface area contributed by atoms with Crippen LogP contribution in [0.4, 0.5) is 0 Å². The molecule has 116 valence electrons. The number of hydrogen-bond donors (Lipinski definition) is 1. The van der Waals surface area contributed by atoms with Gasteiger partial charge in [0.2, 0.25) is 0 Å². The van der Waals surface area contributed by atoms with Crippen LogP contribution in [0.2, 0.25) is 0 Å². The van der Waals surface area contributed by atoms with E-state index in [1.807, 2.05) is 0 Å². The predicted molar refractivity (Wildman–Crippen MR) is 82.7 cm³/mol. The van der Waals surface area contributed by atoms with Crippen LogP contribution in [-0.2, 0) is 4.79 Å². The van der Waals surface area contributed by atoms with E-state index in [1.54, 1.807) is 0 Å². The second kappa shape index (κ2) is 4.44. The number of aliphatic hydroxyl groups is 1. The first-order valence-corrected chi connectivity index (χ1v) is 8.89. The zero-order valence-corrected chi connectivity index (χ0v) is 13.4. The summed E-state index contributed by atoms with van der Waals surface area (Å²) in [6.45, 7) is 4.61. The molecule has 0 aromatic heterocycles. The van der Waals surface area contributed by atoms with E-state index in [0.29, 0.717) is 23.5 Å². The fourth-order valence-electron chi connectivity index (χ4n) is 6.58. The third-order valence-electron chi connectivity index (χ3n) is 7.74. The number of rotatable bonds is 0. The van der Waals surface area contributed by atoms with Crippen molar-refractivity contribution in [2.45, 2.75) is 71.3 Å². The van der Waals surface area contributed by atoms with Crippen LogP contribution in [-0.4, -0.2) is 17.0 Å². The minimum atomic E-state index is -0.255. The molecule has 2 nitrogen and oxygen atoms in total. The molecule has 0 unspecified atom stereocenters. The van der Waals surface area contributed by atoms with Crippen LogP contribution in [0.5, 0.6) is 0 Å². The van der Waals surface area contributed by atoms with Gasteiger partial charge < -0.3 is 5.11 Å². The third kappa shape index (κ3) is 1.72. The molecule has 1 N–H and O–H groups in total. The second-order valence-electron chi connectivity index (χ2n) is 8.52. The molecule has 0 saturated heterocycles. The molecule has 3 fully saturated rings. The summed E-state index contributed by atoms with van der Waals surface area (Å²) < 4.78 is 0. The standard InChI is InChI=1S/C19H28O2/c1-18-9-4-3-5-15(18)16(20)11-12-13-6-7-17(21)19(13,2)10-8-14(12)18/h5,12-14,16,20H,3-4,6-11H2,1-2H3/t12-,13-,14-,16+,18+,19-/m0/s1. The Kier molecular flexibility index (Phi) is 2.96. The van der Waals surface area contributed by atoms with Crippen LogP contribution in [0, 0.1) is 28.6 Å². The van der Waals surface area contributed by atoms with Crippen molar-refractivity contribution in [3.05, 3.63) is 11.6 Å². The van der Waals surface area contributed by atoms with Gasteiger partial charge in [0, 0.05) is 11.8 Å². The number of carbonyl (C=O) groups excluding carboxylic acids is 1. The monoisotopic (exact) mass is 288 g/mol. The molecule has 0 bridgehead atoms. The quantitative estimate of drug-likeness (QED) is 0.687. The molecule has 0 spiro atoms. The molecule has 4 aliphatic rings. The first-order chi connectivity index (χ1) is 9.97. The Morgan fingerprint density at radius 1 is 1.14 bits per heavy atom. The number of allylic oxidation sites excluding steroid dienone is 1. The average molecular weight is 288 g/mol. The zero-order valence-electron chi connectivity index (χ0n) is 13.4. The molecule has 2 heteroatoms. The van der Waals surface area contributed by atoms with E-state index in [2.05, 4.69) is 19.9 Å². The van der Waals surface area contributed by atoms with E-state index >= 15 is 0 Å². The topological polar surface area (TPSA) is 37.3 Å². The minimum Gasteiger partial charge on any atom is -0.389 e. The number of aliphatic hydroxyl groups excluding tert-OH is 1. The molecule has 0 aromatic rings. The highest BCUT2D eigenvalue weighted by Crippen LogP contribution is 2.64. The van der Waals surface area contributed by atoms with Gasteiger partial charge >= 0.3 is 0 Å². The first kappa shape index (κ1) is 14.0. The van der Waals surface area contributed by atoms with Crippen molar-refractivity contribution in [2.24, 2.45) is 28.6 Å². The van der Waals surface area contributed by atoms with Crippen LogP contribution >= 0.6 is 0 Å². The van der Waals surface area contributed by atoms with E-state index in [4.69, 9.17) is 0 Å². The van der Waals surface area contributed by atoms with E-state index in [9.17, 15) is 9.90 Å². The van der Waals surface area contributed by atoms with Crippen molar-refractivity contribution in [2.75, 3.05) is 0 Å². The van der Waals surface area contributed by atoms with Crippen LogP contribution < -0.4 is 0 Å². The first-order valence-electron chi connectivity index (χ1n) is 8.89. The zero-order chi connectivity index (χ0) is 14.8. The highest BCUT2D eigenvalue weighted by Gasteiger charge is 2.60. The molecule has 4 rings (SSSR count). The summed E-state index contributed by atoms with van der Waals surface area (Å²) in [7, 11) is 0. The molecule has 3 saturated carbocycles. The molecule has 6 atom stereocenters. The Hall–Kier alpha value is -0.630. The summed E-state index contributed by atoms with van der Waals surface area (Å²) in [6, 6.07) is 0. The lowest BCUT2D eigenvalue weighted by Crippen LogP contribution is -2.53. The molecule has 21 heavy (non-hydrogen) atoms. The normalized spacial score (nSPS) is 52.7. The third-order valence-corrected chi connectivity index (χ3v) is 7.74. The Bertz CT molecular complexity index is 508. The lowest BCUT2D eigenvalue weighted by Gasteiger charge is -2.58. The summed E-state index contributed by atoms with van der Waals surface area (Å²) >= 11 is 0. The smallest absolute Gasteiger partial charge is 0.139 e. The SMILES string of the molecule is C[C@]12CCCC=C1[C@H](O)C[C@@H]1[C@@H]2CC[C@]2(C)C(=O)CC[C@@H]12. The Balaban J connectivity index is 1.73. The van der Waals surface area contributed by atoms with Crippen molar-refractivity contribution in [3.63, 3.8) is 0 Å². The number of hydrogen-bond acceptors (Lipinski definition) is 2. The maximum Gasteiger partial charge on any atom is 0.139 e. The maximum atomic E-state index is 12.4. The molecule has 4 aliphatic carbocycles. The molecule has 0 aromatic carbocycles. The fourth-order valence-corrected chi connectivity index (χ4v) is 6.58. The summed E-state index contributed by atoms with van der Waals surface area (Å²) in [6.07, 6.45) is 10.7. The van der Waals surface area contributed by atoms with Crippen LogP contribution in [0.1, 0.15) is 65.2 Å². The van der Waals surface area contributed by atoms with E-state index in [1.165, 1.54) is 24.8 Å². The van der Waals surface area contributed by atoms with E-state index in [0.717, 1.165) is 32.1 Å². The number of carbonyl (C=O) groups is 1. The summed E-state index contributed by atoms with van der Waals surface area (Å²) in [5.41, 5.74) is 1.46. The Morgan fingerprint density at radius 3 is 2.71 bits per heavy atom. The average Bonchev–Trinajstić information content (AvgIpc) is 2.75. The van der Waals surface area contributed by atoms with Crippen LogP contribution in [0.15, 0.2) is 11.6 Å². The highest BCUT2D eigenvalue weighted by atomic mass is 16.3. The van der Waals surface area contributed by atoms with Gasteiger partial charge in [-0.25, -0.2) is 0 Å². The van der Waals surface area contributed by atoms with Gasteiger partial charge in [-0.05, 0) is 73.7 Å². The summed E-state index contributed by atoms with van der Waals surface area (Å²) in [5, 5.41) is 10.7. The van der Waals surface area contributed by atoms with Crippen LogP contribution in [0.25, 0.3) is 0 Å².